The highest BCUT2D eigenvalue weighted by Gasteiger charge is 2.43. The van der Waals surface area contributed by atoms with Crippen molar-refractivity contribution in [3.05, 3.63) is 108 Å². The third-order valence-electron chi connectivity index (χ3n) is 5.10. The fraction of sp³-hybridized carbons (Fsp3) is 0.0435. The smallest absolute Gasteiger partial charge is 0.142 e. The van der Waals surface area contributed by atoms with Gasteiger partial charge in [-0.05, 0) is 21.9 Å². The van der Waals surface area contributed by atoms with Crippen LogP contribution in [-0.2, 0) is 5.60 Å². The molecule has 0 aromatic heterocycles. The first kappa shape index (κ1) is 13.5. The monoisotopic (exact) mass is 308 g/mol. The van der Waals surface area contributed by atoms with Crippen LogP contribution in [0.4, 0.5) is 0 Å². The van der Waals surface area contributed by atoms with Crippen LogP contribution in [0, 0.1) is 0 Å². The van der Waals surface area contributed by atoms with E-state index in [0.29, 0.717) is 0 Å². The van der Waals surface area contributed by atoms with E-state index >= 15 is 0 Å². The number of hydrogen-bond acceptors (Lipinski definition) is 1. The standard InChI is InChI=1S/C23H16O/c24-23(20-15-7-9-16-8-1-2-10-17(16)20)21-13-5-3-11-18(21)19-12-4-6-14-22(19)23/h1-15,24H. The van der Waals surface area contributed by atoms with Gasteiger partial charge in [-0.15, -0.1) is 0 Å². The molecule has 0 spiro atoms. The van der Waals surface area contributed by atoms with Crippen LogP contribution in [0.25, 0.3) is 21.9 Å². The van der Waals surface area contributed by atoms with E-state index < -0.39 is 5.60 Å². The molecule has 1 heteroatoms. The lowest BCUT2D eigenvalue weighted by Gasteiger charge is -2.28. The Bertz CT molecular complexity index is 1030. The first-order valence-corrected chi connectivity index (χ1v) is 8.20. The summed E-state index contributed by atoms with van der Waals surface area (Å²) in [6.45, 7) is 0. The van der Waals surface area contributed by atoms with Crippen molar-refractivity contribution in [2.24, 2.45) is 0 Å². The minimum Gasteiger partial charge on any atom is -0.376 e. The molecule has 24 heavy (non-hydrogen) atoms. The molecule has 5 rings (SSSR count). The van der Waals surface area contributed by atoms with Crippen molar-refractivity contribution < 1.29 is 5.11 Å². The predicted octanol–water partition coefficient (Wildman–Crippen LogP) is 5.10. The van der Waals surface area contributed by atoms with Crippen molar-refractivity contribution >= 4 is 10.8 Å². The van der Waals surface area contributed by atoms with Gasteiger partial charge < -0.3 is 5.11 Å². The normalized spacial score (nSPS) is 14.4. The van der Waals surface area contributed by atoms with Crippen molar-refractivity contribution in [2.75, 3.05) is 0 Å². The van der Waals surface area contributed by atoms with E-state index in [9.17, 15) is 5.11 Å². The van der Waals surface area contributed by atoms with Gasteiger partial charge in [-0.1, -0.05) is 91.0 Å². The van der Waals surface area contributed by atoms with Crippen LogP contribution in [0.15, 0.2) is 91.0 Å². The number of hydrogen-bond donors (Lipinski definition) is 1. The molecule has 0 saturated heterocycles. The van der Waals surface area contributed by atoms with Gasteiger partial charge in [-0.3, -0.25) is 0 Å². The highest BCUT2D eigenvalue weighted by atomic mass is 16.3. The highest BCUT2D eigenvalue weighted by molar-refractivity contribution is 5.91. The van der Waals surface area contributed by atoms with Crippen molar-refractivity contribution in [1.29, 1.82) is 0 Å². The highest BCUT2D eigenvalue weighted by Crippen LogP contribution is 2.51. The largest absolute Gasteiger partial charge is 0.376 e. The molecule has 0 amide bonds. The van der Waals surface area contributed by atoms with E-state index in [-0.39, 0.29) is 0 Å². The van der Waals surface area contributed by atoms with Crippen LogP contribution in [0.5, 0.6) is 0 Å². The lowest BCUT2D eigenvalue weighted by molar-refractivity contribution is 0.132. The lowest BCUT2D eigenvalue weighted by Crippen LogP contribution is -2.26. The summed E-state index contributed by atoms with van der Waals surface area (Å²) in [7, 11) is 0. The maximum atomic E-state index is 12.0. The van der Waals surface area contributed by atoms with Crippen LogP contribution >= 0.6 is 0 Å². The molecule has 0 aliphatic heterocycles. The third-order valence-corrected chi connectivity index (χ3v) is 5.10. The molecule has 0 fully saturated rings. The summed E-state index contributed by atoms with van der Waals surface area (Å²) in [6.07, 6.45) is 0. The predicted molar refractivity (Wildman–Crippen MR) is 97.9 cm³/mol. The van der Waals surface area contributed by atoms with E-state index in [1.807, 2.05) is 60.7 Å². The van der Waals surface area contributed by atoms with Gasteiger partial charge in [0.05, 0.1) is 0 Å². The Kier molecular flexibility index (Phi) is 2.70. The zero-order chi connectivity index (χ0) is 16.1. The minimum atomic E-state index is -1.12. The Labute approximate surface area is 140 Å². The van der Waals surface area contributed by atoms with Crippen molar-refractivity contribution in [1.82, 2.24) is 0 Å². The average Bonchev–Trinajstić information content (AvgIpc) is 2.92. The molecule has 0 saturated carbocycles. The van der Waals surface area contributed by atoms with Gasteiger partial charge in [0.25, 0.3) is 0 Å². The summed E-state index contributed by atoms with van der Waals surface area (Å²) in [5.41, 5.74) is 3.98. The average molecular weight is 308 g/mol. The minimum absolute atomic E-state index is 0.943. The van der Waals surface area contributed by atoms with E-state index in [4.69, 9.17) is 0 Å². The molecule has 1 aliphatic carbocycles. The number of rotatable bonds is 1. The summed E-state index contributed by atoms with van der Waals surface area (Å²) < 4.78 is 0. The Hall–Kier alpha value is -2.90. The van der Waals surface area contributed by atoms with E-state index in [2.05, 4.69) is 30.3 Å². The SMILES string of the molecule is OC1(c2cccc3ccccc23)c2ccccc2-c2ccccc21. The summed E-state index contributed by atoms with van der Waals surface area (Å²) >= 11 is 0. The maximum absolute atomic E-state index is 12.0. The Morgan fingerprint density at radius 2 is 1.00 bits per heavy atom. The van der Waals surface area contributed by atoms with E-state index in [0.717, 1.165) is 38.6 Å². The molecule has 0 atom stereocenters. The summed E-state index contributed by atoms with van der Waals surface area (Å²) in [4.78, 5) is 0. The second-order valence-corrected chi connectivity index (χ2v) is 6.33. The molecule has 1 N–H and O–H groups in total. The zero-order valence-corrected chi connectivity index (χ0v) is 13.1. The van der Waals surface area contributed by atoms with Crippen LogP contribution in [0.3, 0.4) is 0 Å². The molecule has 0 heterocycles. The van der Waals surface area contributed by atoms with Crippen LogP contribution in [-0.4, -0.2) is 5.11 Å². The molecule has 114 valence electrons. The van der Waals surface area contributed by atoms with Crippen LogP contribution < -0.4 is 0 Å². The van der Waals surface area contributed by atoms with Gasteiger partial charge in [0, 0.05) is 16.7 Å². The fourth-order valence-electron chi connectivity index (χ4n) is 4.04. The molecule has 4 aromatic carbocycles. The van der Waals surface area contributed by atoms with Crippen LogP contribution in [0.2, 0.25) is 0 Å². The Morgan fingerprint density at radius 1 is 0.500 bits per heavy atom. The summed E-state index contributed by atoms with van der Waals surface area (Å²) in [6, 6.07) is 30.7. The molecule has 1 aliphatic rings. The molecule has 0 unspecified atom stereocenters. The molecular weight excluding hydrogens is 292 g/mol. The lowest BCUT2D eigenvalue weighted by atomic mass is 9.82. The third kappa shape index (κ3) is 1.62. The van der Waals surface area contributed by atoms with Gasteiger partial charge in [0.15, 0.2) is 0 Å². The van der Waals surface area contributed by atoms with Gasteiger partial charge in [-0.25, -0.2) is 0 Å². The first-order valence-electron chi connectivity index (χ1n) is 8.20. The fourth-order valence-corrected chi connectivity index (χ4v) is 4.04. The van der Waals surface area contributed by atoms with Crippen LogP contribution in [0.1, 0.15) is 16.7 Å². The number of aliphatic hydroxyl groups is 1. The Morgan fingerprint density at radius 3 is 1.71 bits per heavy atom. The van der Waals surface area contributed by atoms with Gasteiger partial charge in [-0.2, -0.15) is 0 Å². The van der Waals surface area contributed by atoms with E-state index in [1.165, 1.54) is 0 Å². The van der Waals surface area contributed by atoms with Crippen molar-refractivity contribution in [3.8, 4) is 11.1 Å². The van der Waals surface area contributed by atoms with Crippen molar-refractivity contribution in [2.45, 2.75) is 5.60 Å². The Balaban J connectivity index is 1.93. The second kappa shape index (κ2) is 4.80. The summed E-state index contributed by atoms with van der Waals surface area (Å²) in [5.74, 6) is 0. The summed E-state index contributed by atoms with van der Waals surface area (Å²) in [5, 5.41) is 14.2. The molecule has 0 radical (unpaired) electrons. The first-order chi connectivity index (χ1) is 11.8. The molecule has 0 bridgehead atoms. The van der Waals surface area contributed by atoms with Crippen molar-refractivity contribution in [3.63, 3.8) is 0 Å². The van der Waals surface area contributed by atoms with Gasteiger partial charge in [0.2, 0.25) is 0 Å². The zero-order valence-electron chi connectivity index (χ0n) is 13.1. The molecular formula is C23H16O. The van der Waals surface area contributed by atoms with Gasteiger partial charge in [0.1, 0.15) is 5.60 Å². The van der Waals surface area contributed by atoms with E-state index in [1.54, 1.807) is 0 Å². The van der Waals surface area contributed by atoms with Gasteiger partial charge >= 0.3 is 0 Å². The maximum Gasteiger partial charge on any atom is 0.142 e. The topological polar surface area (TPSA) is 20.2 Å². The number of benzene rings is 4. The molecule has 1 nitrogen and oxygen atoms in total. The second-order valence-electron chi connectivity index (χ2n) is 6.33. The quantitative estimate of drug-likeness (QED) is 0.518. The number of fused-ring (bicyclic) bond motifs is 4. The molecule has 4 aromatic rings.